The molecule has 9 nitrogen and oxygen atoms in total. The van der Waals surface area contributed by atoms with Crippen LogP contribution in [-0.4, -0.2) is 43.4 Å². The van der Waals surface area contributed by atoms with Gasteiger partial charge in [-0.15, -0.1) is 12.3 Å². The number of carbonyl (C=O) groups is 3. The van der Waals surface area contributed by atoms with E-state index in [9.17, 15) is 27.2 Å². The molecule has 0 saturated carbocycles. The second-order valence-electron chi connectivity index (χ2n) is 8.02. The number of sulfonamides is 1. The van der Waals surface area contributed by atoms with E-state index < -0.39 is 39.3 Å². The van der Waals surface area contributed by atoms with Crippen molar-refractivity contribution in [1.29, 1.82) is 0 Å². The third kappa shape index (κ3) is 6.16. The van der Waals surface area contributed by atoms with Gasteiger partial charge in [-0.2, -0.15) is 0 Å². The van der Waals surface area contributed by atoms with E-state index >= 15 is 0 Å². The molecule has 4 N–H and O–H groups in total. The molecule has 1 aromatic heterocycles. The lowest BCUT2D eigenvalue weighted by Crippen LogP contribution is -2.37. The average molecular weight is 501 g/mol. The first-order chi connectivity index (χ1) is 16.5. The Labute approximate surface area is 202 Å². The molecule has 3 rings (SSSR count). The number of hydrogen-bond donors (Lipinski definition) is 4. The normalized spacial score (nSPS) is 13.8. The molecule has 0 spiro atoms. The first kappa shape index (κ1) is 25.7. The zero-order valence-electron chi connectivity index (χ0n) is 19.2. The number of hydrogen-bond acceptors (Lipinski definition) is 5. The number of aromatic nitrogens is 1. The molecule has 0 fully saturated rings. The summed E-state index contributed by atoms with van der Waals surface area (Å²) in [7, 11) is -3.92. The SMILES string of the molecule is C#CCCCC(=O)NS(=O)(=O)CCNC(=O)c1c(C)[nH]c(/C=C2\C(=O)Nc3ccc(F)cc32)c1C. The quantitative estimate of drug-likeness (QED) is 0.238. The summed E-state index contributed by atoms with van der Waals surface area (Å²) < 4.78 is 39.8. The van der Waals surface area contributed by atoms with Crippen molar-refractivity contribution in [2.45, 2.75) is 33.1 Å². The molecule has 1 aliphatic rings. The van der Waals surface area contributed by atoms with Gasteiger partial charge in [-0.1, -0.05) is 0 Å². The fourth-order valence-corrected chi connectivity index (χ4v) is 4.64. The van der Waals surface area contributed by atoms with Crippen molar-refractivity contribution in [3.05, 3.63) is 52.1 Å². The molecule has 3 amide bonds. The number of H-pyrrole nitrogens is 1. The van der Waals surface area contributed by atoms with Crippen molar-refractivity contribution in [3.63, 3.8) is 0 Å². The van der Waals surface area contributed by atoms with Crippen LogP contribution >= 0.6 is 0 Å². The van der Waals surface area contributed by atoms with Gasteiger partial charge < -0.3 is 15.6 Å². The summed E-state index contributed by atoms with van der Waals surface area (Å²) in [5.74, 6) is -0.159. The van der Waals surface area contributed by atoms with Crippen LogP contribution in [0.3, 0.4) is 0 Å². The number of nitrogens with one attached hydrogen (secondary N) is 4. The lowest BCUT2D eigenvalue weighted by Gasteiger charge is -2.08. The van der Waals surface area contributed by atoms with E-state index in [1.165, 1.54) is 18.2 Å². The van der Waals surface area contributed by atoms with Crippen LogP contribution in [0.25, 0.3) is 11.6 Å². The Balaban J connectivity index is 1.68. The second-order valence-corrected chi connectivity index (χ2v) is 9.87. The maximum atomic E-state index is 13.7. The third-order valence-corrected chi connectivity index (χ3v) is 6.69. The van der Waals surface area contributed by atoms with Crippen molar-refractivity contribution in [1.82, 2.24) is 15.0 Å². The van der Waals surface area contributed by atoms with Crippen LogP contribution in [0.5, 0.6) is 0 Å². The molecule has 184 valence electrons. The van der Waals surface area contributed by atoms with Gasteiger partial charge in [0.25, 0.3) is 11.8 Å². The largest absolute Gasteiger partial charge is 0.358 e. The number of amides is 3. The fourth-order valence-electron chi connectivity index (χ4n) is 3.72. The van der Waals surface area contributed by atoms with Crippen molar-refractivity contribution in [3.8, 4) is 12.3 Å². The molecule has 35 heavy (non-hydrogen) atoms. The molecule has 2 heterocycles. The molecule has 2 aromatic rings. The van der Waals surface area contributed by atoms with Crippen molar-refractivity contribution >= 4 is 45.1 Å². The molecular formula is C24H25FN4O5S. The van der Waals surface area contributed by atoms with Gasteiger partial charge in [-0.05, 0) is 50.1 Å². The Morgan fingerprint density at radius 3 is 2.71 bits per heavy atom. The van der Waals surface area contributed by atoms with Crippen LogP contribution in [-0.2, 0) is 19.6 Å². The van der Waals surface area contributed by atoms with Gasteiger partial charge in [0.05, 0.1) is 16.9 Å². The van der Waals surface area contributed by atoms with Crippen LogP contribution in [0.15, 0.2) is 18.2 Å². The highest BCUT2D eigenvalue weighted by Crippen LogP contribution is 2.34. The van der Waals surface area contributed by atoms with E-state index in [4.69, 9.17) is 6.42 Å². The highest BCUT2D eigenvalue weighted by molar-refractivity contribution is 7.90. The molecule has 0 bridgehead atoms. The van der Waals surface area contributed by atoms with Crippen LogP contribution in [0.4, 0.5) is 10.1 Å². The summed E-state index contributed by atoms with van der Waals surface area (Å²) in [5.41, 5.74) is 2.99. The van der Waals surface area contributed by atoms with Crippen molar-refractivity contribution in [2.75, 3.05) is 17.6 Å². The van der Waals surface area contributed by atoms with E-state index in [0.717, 1.165) is 0 Å². The number of unbranched alkanes of at least 4 members (excludes halogenated alkanes) is 1. The highest BCUT2D eigenvalue weighted by atomic mass is 32.2. The lowest BCUT2D eigenvalue weighted by molar-refractivity contribution is -0.119. The monoisotopic (exact) mass is 500 g/mol. The molecule has 0 atom stereocenters. The van der Waals surface area contributed by atoms with Crippen molar-refractivity contribution in [2.24, 2.45) is 0 Å². The number of benzene rings is 1. The Morgan fingerprint density at radius 1 is 1.26 bits per heavy atom. The lowest BCUT2D eigenvalue weighted by atomic mass is 10.0. The fraction of sp³-hybridized carbons (Fsp3) is 0.292. The Bertz CT molecular complexity index is 1370. The van der Waals surface area contributed by atoms with Gasteiger partial charge in [-0.25, -0.2) is 12.8 Å². The predicted octanol–water partition coefficient (Wildman–Crippen LogP) is 2.24. The van der Waals surface area contributed by atoms with E-state index in [0.29, 0.717) is 46.6 Å². The summed E-state index contributed by atoms with van der Waals surface area (Å²) >= 11 is 0. The molecule has 11 heteroatoms. The van der Waals surface area contributed by atoms with Gasteiger partial charge in [0.2, 0.25) is 15.9 Å². The van der Waals surface area contributed by atoms with Gasteiger partial charge in [0, 0.05) is 42.0 Å². The number of anilines is 1. The Kier molecular flexibility index (Phi) is 7.76. The third-order valence-electron chi connectivity index (χ3n) is 5.41. The zero-order chi connectivity index (χ0) is 25.8. The summed E-state index contributed by atoms with van der Waals surface area (Å²) in [6, 6.07) is 3.98. The first-order valence-electron chi connectivity index (χ1n) is 10.8. The van der Waals surface area contributed by atoms with Gasteiger partial charge >= 0.3 is 0 Å². The van der Waals surface area contributed by atoms with Crippen LogP contribution in [0.2, 0.25) is 0 Å². The Morgan fingerprint density at radius 2 is 2.00 bits per heavy atom. The van der Waals surface area contributed by atoms with Gasteiger partial charge in [0.15, 0.2) is 0 Å². The van der Waals surface area contributed by atoms with Gasteiger partial charge in [0.1, 0.15) is 5.82 Å². The molecule has 0 radical (unpaired) electrons. The topological polar surface area (TPSA) is 137 Å². The van der Waals surface area contributed by atoms with E-state index in [1.54, 1.807) is 19.9 Å². The summed E-state index contributed by atoms with van der Waals surface area (Å²) in [5, 5.41) is 5.20. The zero-order valence-corrected chi connectivity index (χ0v) is 20.1. The first-order valence-corrected chi connectivity index (χ1v) is 12.4. The maximum absolute atomic E-state index is 13.7. The minimum atomic E-state index is -3.92. The number of terminal acetylenes is 1. The van der Waals surface area contributed by atoms with Crippen LogP contribution in [0.1, 0.15) is 52.1 Å². The minimum absolute atomic E-state index is 0.00898. The number of aromatic amines is 1. The molecule has 1 aromatic carbocycles. The molecule has 0 saturated heterocycles. The average Bonchev–Trinajstić information content (AvgIpc) is 3.22. The molecular weight excluding hydrogens is 475 g/mol. The summed E-state index contributed by atoms with van der Waals surface area (Å²) in [6.07, 6.45) is 7.38. The van der Waals surface area contributed by atoms with Crippen molar-refractivity contribution < 1.29 is 27.2 Å². The number of aryl methyl sites for hydroxylation is 1. The van der Waals surface area contributed by atoms with E-state index in [-0.39, 0.29) is 18.5 Å². The summed E-state index contributed by atoms with van der Waals surface area (Å²) in [6.45, 7) is 3.12. The molecule has 0 unspecified atom stereocenters. The summed E-state index contributed by atoms with van der Waals surface area (Å²) in [4.78, 5) is 39.9. The number of rotatable bonds is 9. The number of halogens is 1. The predicted molar refractivity (Wildman–Crippen MR) is 130 cm³/mol. The standard InChI is InChI=1S/C24H25FN4O5S/c1-4-5-6-7-21(30)29-35(33,34)11-10-26-24(32)22-14(2)20(27-15(22)3)13-18-17-12-16(25)8-9-19(17)28-23(18)31/h1,8-9,12-13,27H,5-7,10-11H2,2-3H3,(H,26,32)(H,28,31)(H,29,30)/b18-13-. The van der Waals surface area contributed by atoms with Crippen LogP contribution in [0, 0.1) is 32.0 Å². The molecule has 1 aliphatic heterocycles. The van der Waals surface area contributed by atoms with Crippen LogP contribution < -0.4 is 15.4 Å². The molecule has 0 aliphatic carbocycles. The smallest absolute Gasteiger partial charge is 0.256 e. The highest BCUT2D eigenvalue weighted by Gasteiger charge is 2.26. The Hall–Kier alpha value is -3.91. The number of carbonyl (C=O) groups excluding carboxylic acids is 3. The number of fused-ring (bicyclic) bond motifs is 1. The van der Waals surface area contributed by atoms with E-state index in [1.807, 2.05) is 4.72 Å². The minimum Gasteiger partial charge on any atom is -0.358 e. The maximum Gasteiger partial charge on any atom is 0.256 e. The second kappa shape index (κ2) is 10.6. The van der Waals surface area contributed by atoms with E-state index in [2.05, 4.69) is 21.5 Å². The van der Waals surface area contributed by atoms with Gasteiger partial charge in [-0.3, -0.25) is 19.1 Å².